The SMILES string of the molecule is O=C1NC(C2CCC2)=N/C1=C\c1ccccc1Br. The molecule has 1 saturated carbocycles. The van der Waals surface area contributed by atoms with Crippen molar-refractivity contribution in [2.75, 3.05) is 0 Å². The van der Waals surface area contributed by atoms with E-state index in [0.29, 0.717) is 11.6 Å². The molecule has 0 aromatic heterocycles. The third-order valence-corrected chi connectivity index (χ3v) is 4.13. The molecule has 1 fully saturated rings. The summed E-state index contributed by atoms with van der Waals surface area (Å²) in [6.07, 6.45) is 5.34. The van der Waals surface area contributed by atoms with Crippen LogP contribution in [0.25, 0.3) is 6.08 Å². The Bertz CT molecular complexity index is 559. The molecule has 0 bridgehead atoms. The second-order valence-corrected chi connectivity index (χ2v) is 5.48. The van der Waals surface area contributed by atoms with E-state index in [0.717, 1.165) is 28.7 Å². The summed E-state index contributed by atoms with van der Waals surface area (Å²) in [4.78, 5) is 16.3. The summed E-state index contributed by atoms with van der Waals surface area (Å²) in [5, 5.41) is 2.87. The molecule has 0 radical (unpaired) electrons. The van der Waals surface area contributed by atoms with E-state index in [1.807, 2.05) is 30.3 Å². The van der Waals surface area contributed by atoms with Crippen LogP contribution in [0.1, 0.15) is 24.8 Å². The van der Waals surface area contributed by atoms with Gasteiger partial charge in [0.1, 0.15) is 11.5 Å². The van der Waals surface area contributed by atoms with Crippen molar-refractivity contribution in [3.8, 4) is 0 Å². The van der Waals surface area contributed by atoms with Gasteiger partial charge in [0.2, 0.25) is 0 Å². The quantitative estimate of drug-likeness (QED) is 0.838. The van der Waals surface area contributed by atoms with Crippen molar-refractivity contribution in [1.29, 1.82) is 0 Å². The number of halogens is 1. The van der Waals surface area contributed by atoms with Gasteiger partial charge in [0.25, 0.3) is 5.91 Å². The molecule has 4 heteroatoms. The Morgan fingerprint density at radius 3 is 2.78 bits per heavy atom. The first-order valence-corrected chi connectivity index (χ1v) is 6.89. The van der Waals surface area contributed by atoms with E-state index in [1.165, 1.54) is 6.42 Å². The Balaban J connectivity index is 1.89. The Labute approximate surface area is 114 Å². The zero-order valence-corrected chi connectivity index (χ0v) is 11.4. The summed E-state index contributed by atoms with van der Waals surface area (Å²) >= 11 is 3.47. The van der Waals surface area contributed by atoms with Gasteiger partial charge in [-0.25, -0.2) is 4.99 Å². The van der Waals surface area contributed by atoms with E-state index in [-0.39, 0.29) is 5.91 Å². The Morgan fingerprint density at radius 1 is 1.33 bits per heavy atom. The largest absolute Gasteiger partial charge is 0.308 e. The van der Waals surface area contributed by atoms with Crippen LogP contribution >= 0.6 is 15.9 Å². The van der Waals surface area contributed by atoms with Gasteiger partial charge in [-0.1, -0.05) is 40.5 Å². The Morgan fingerprint density at radius 2 is 2.11 bits per heavy atom. The van der Waals surface area contributed by atoms with E-state index in [9.17, 15) is 4.79 Å². The smallest absolute Gasteiger partial charge is 0.275 e. The molecule has 1 heterocycles. The van der Waals surface area contributed by atoms with Crippen molar-refractivity contribution in [3.05, 3.63) is 40.0 Å². The third-order valence-electron chi connectivity index (χ3n) is 3.40. The first kappa shape index (κ1) is 11.7. The number of benzene rings is 1. The fraction of sp³-hybridized carbons (Fsp3) is 0.286. The molecule has 3 rings (SSSR count). The van der Waals surface area contributed by atoms with Crippen LogP contribution < -0.4 is 5.32 Å². The molecule has 1 aromatic rings. The van der Waals surface area contributed by atoms with Crippen molar-refractivity contribution < 1.29 is 4.79 Å². The molecule has 1 aliphatic carbocycles. The minimum atomic E-state index is -0.0901. The first-order chi connectivity index (χ1) is 8.74. The van der Waals surface area contributed by atoms with E-state index < -0.39 is 0 Å². The fourth-order valence-electron chi connectivity index (χ4n) is 2.10. The maximum Gasteiger partial charge on any atom is 0.275 e. The number of nitrogens with zero attached hydrogens (tertiary/aromatic N) is 1. The Hall–Kier alpha value is -1.42. The molecule has 1 amide bonds. The summed E-state index contributed by atoms with van der Waals surface area (Å²) in [6, 6.07) is 7.81. The second-order valence-electron chi connectivity index (χ2n) is 4.63. The van der Waals surface area contributed by atoms with E-state index in [4.69, 9.17) is 0 Å². The molecular weight excluding hydrogens is 292 g/mol. The van der Waals surface area contributed by atoms with E-state index in [2.05, 4.69) is 26.2 Å². The summed E-state index contributed by atoms with van der Waals surface area (Å²) in [7, 11) is 0. The standard InChI is InChI=1S/C14H13BrN2O/c15-11-7-2-1-4-10(11)8-12-14(18)17-13(16-12)9-5-3-6-9/h1-2,4,7-9H,3,5-6H2,(H,16,17,18)/b12-8-. The lowest BCUT2D eigenvalue weighted by molar-refractivity contribution is -0.115. The molecule has 0 saturated heterocycles. The minimum Gasteiger partial charge on any atom is -0.308 e. The van der Waals surface area contributed by atoms with Gasteiger partial charge < -0.3 is 5.32 Å². The highest BCUT2D eigenvalue weighted by atomic mass is 79.9. The van der Waals surface area contributed by atoms with Crippen molar-refractivity contribution in [3.63, 3.8) is 0 Å². The highest BCUT2D eigenvalue weighted by molar-refractivity contribution is 9.10. The van der Waals surface area contributed by atoms with Gasteiger partial charge in [0.05, 0.1) is 0 Å². The predicted octanol–water partition coefficient (Wildman–Crippen LogP) is 3.12. The molecule has 92 valence electrons. The van der Waals surface area contributed by atoms with E-state index in [1.54, 1.807) is 0 Å². The van der Waals surface area contributed by atoms with Gasteiger partial charge in [0.15, 0.2) is 0 Å². The summed E-state index contributed by atoms with van der Waals surface area (Å²) in [5.41, 5.74) is 1.48. The first-order valence-electron chi connectivity index (χ1n) is 6.10. The van der Waals surface area contributed by atoms with Gasteiger partial charge in [-0.05, 0) is 30.5 Å². The number of amidine groups is 1. The van der Waals surface area contributed by atoms with Crippen LogP contribution in [0.4, 0.5) is 0 Å². The molecule has 1 aromatic carbocycles. The molecule has 0 atom stereocenters. The number of rotatable bonds is 2. The van der Waals surface area contributed by atoms with Gasteiger partial charge >= 0.3 is 0 Å². The highest BCUT2D eigenvalue weighted by Gasteiger charge is 2.30. The number of aliphatic imine (C=N–C) groups is 1. The maximum absolute atomic E-state index is 11.8. The van der Waals surface area contributed by atoms with E-state index >= 15 is 0 Å². The molecule has 2 aliphatic rings. The normalized spacial score (nSPS) is 21.7. The molecule has 0 spiro atoms. The predicted molar refractivity (Wildman–Crippen MR) is 75.0 cm³/mol. The van der Waals surface area contributed by atoms with Crippen LogP contribution in [0, 0.1) is 5.92 Å². The van der Waals surface area contributed by atoms with Crippen molar-refractivity contribution in [1.82, 2.24) is 5.32 Å². The maximum atomic E-state index is 11.8. The zero-order chi connectivity index (χ0) is 12.5. The summed E-state index contributed by atoms with van der Waals surface area (Å²) < 4.78 is 0.970. The molecule has 1 N–H and O–H groups in total. The average Bonchev–Trinajstić information content (AvgIpc) is 2.61. The number of carbonyl (C=O) groups excluding carboxylic acids is 1. The fourth-order valence-corrected chi connectivity index (χ4v) is 2.50. The average molecular weight is 305 g/mol. The minimum absolute atomic E-state index is 0.0901. The van der Waals surface area contributed by atoms with Crippen molar-refractivity contribution in [2.45, 2.75) is 19.3 Å². The highest BCUT2D eigenvalue weighted by Crippen LogP contribution is 2.30. The number of hydrogen-bond acceptors (Lipinski definition) is 2. The van der Waals surface area contributed by atoms with Crippen LogP contribution in [-0.2, 0) is 4.79 Å². The monoisotopic (exact) mass is 304 g/mol. The number of carbonyl (C=O) groups is 1. The van der Waals surface area contributed by atoms with Gasteiger partial charge in [-0.3, -0.25) is 4.79 Å². The summed E-state index contributed by atoms with van der Waals surface area (Å²) in [6.45, 7) is 0. The van der Waals surface area contributed by atoms with Gasteiger partial charge in [-0.2, -0.15) is 0 Å². The van der Waals surface area contributed by atoms with Crippen LogP contribution in [0.5, 0.6) is 0 Å². The number of amides is 1. The van der Waals surface area contributed by atoms with Crippen LogP contribution in [0.3, 0.4) is 0 Å². The van der Waals surface area contributed by atoms with Crippen molar-refractivity contribution in [2.24, 2.45) is 10.9 Å². The lowest BCUT2D eigenvalue weighted by atomic mass is 9.84. The van der Waals surface area contributed by atoms with Crippen LogP contribution in [-0.4, -0.2) is 11.7 Å². The number of hydrogen-bond donors (Lipinski definition) is 1. The lowest BCUT2D eigenvalue weighted by Gasteiger charge is -2.24. The third kappa shape index (κ3) is 2.12. The molecular formula is C14H13BrN2O. The van der Waals surface area contributed by atoms with Crippen molar-refractivity contribution >= 4 is 33.7 Å². The van der Waals surface area contributed by atoms with Gasteiger partial charge in [0, 0.05) is 10.4 Å². The summed E-state index contributed by atoms with van der Waals surface area (Å²) in [5.74, 6) is 1.22. The van der Waals surface area contributed by atoms with Crippen LogP contribution in [0.15, 0.2) is 39.4 Å². The topological polar surface area (TPSA) is 41.5 Å². The zero-order valence-electron chi connectivity index (χ0n) is 9.82. The second kappa shape index (κ2) is 4.69. The number of nitrogens with one attached hydrogen (secondary N) is 1. The molecule has 3 nitrogen and oxygen atoms in total. The lowest BCUT2D eigenvalue weighted by Crippen LogP contribution is -2.33. The van der Waals surface area contributed by atoms with Gasteiger partial charge in [-0.15, -0.1) is 0 Å². The molecule has 18 heavy (non-hydrogen) atoms. The Kier molecular flexibility index (Phi) is 3.04. The van der Waals surface area contributed by atoms with Crippen LogP contribution in [0.2, 0.25) is 0 Å². The molecule has 0 unspecified atom stereocenters. The molecule has 1 aliphatic heterocycles.